The quantitative estimate of drug-likeness (QED) is 0.940. The van der Waals surface area contributed by atoms with Crippen molar-refractivity contribution in [2.45, 2.75) is 18.9 Å². The molecular formula is C14H15ClN4O2. The lowest BCUT2D eigenvalue weighted by Crippen LogP contribution is -2.48. The van der Waals surface area contributed by atoms with Crippen molar-refractivity contribution >= 4 is 23.3 Å². The Bertz CT molecular complexity index is 616. The number of amides is 1. The van der Waals surface area contributed by atoms with Crippen molar-refractivity contribution in [1.82, 2.24) is 15.5 Å². The maximum atomic E-state index is 12.1. The number of rotatable bonds is 3. The fraction of sp³-hybridized carbons (Fsp3) is 0.357. The average Bonchev–Trinajstić information content (AvgIpc) is 2.95. The van der Waals surface area contributed by atoms with Crippen LogP contribution >= 0.6 is 11.6 Å². The summed E-state index contributed by atoms with van der Waals surface area (Å²) < 4.78 is 4.94. The number of piperidine rings is 1. The van der Waals surface area contributed by atoms with Gasteiger partial charge in [-0.1, -0.05) is 0 Å². The van der Waals surface area contributed by atoms with Crippen molar-refractivity contribution < 1.29 is 9.21 Å². The highest BCUT2D eigenvalue weighted by Gasteiger charge is 2.24. The molecule has 1 fully saturated rings. The maximum absolute atomic E-state index is 12.1. The predicted octanol–water partition coefficient (Wildman–Crippen LogP) is 2.12. The molecule has 0 aliphatic carbocycles. The van der Waals surface area contributed by atoms with Crippen LogP contribution in [0, 0.1) is 0 Å². The summed E-state index contributed by atoms with van der Waals surface area (Å²) in [5, 5.41) is 11.1. The highest BCUT2D eigenvalue weighted by Crippen LogP contribution is 2.19. The lowest BCUT2D eigenvalue weighted by atomic mass is 10.1. The number of carbonyl (C=O) groups is 1. The summed E-state index contributed by atoms with van der Waals surface area (Å²) in [6.07, 6.45) is 4.97. The van der Waals surface area contributed by atoms with Gasteiger partial charge in [0.05, 0.1) is 11.8 Å². The Morgan fingerprint density at radius 1 is 1.48 bits per heavy atom. The number of halogens is 1. The van der Waals surface area contributed by atoms with Crippen molar-refractivity contribution in [3.8, 4) is 0 Å². The van der Waals surface area contributed by atoms with Crippen molar-refractivity contribution in [3.63, 3.8) is 0 Å². The summed E-state index contributed by atoms with van der Waals surface area (Å²) >= 11 is 5.82. The summed E-state index contributed by atoms with van der Waals surface area (Å²) in [6, 6.07) is 5.40. The van der Waals surface area contributed by atoms with Crippen LogP contribution in [0.5, 0.6) is 0 Å². The second-order valence-electron chi connectivity index (χ2n) is 4.95. The van der Waals surface area contributed by atoms with E-state index in [2.05, 4.69) is 20.4 Å². The summed E-state index contributed by atoms with van der Waals surface area (Å²) in [5.41, 5.74) is 0.369. The molecule has 1 saturated heterocycles. The van der Waals surface area contributed by atoms with Gasteiger partial charge in [-0.25, -0.2) is 0 Å². The van der Waals surface area contributed by atoms with E-state index in [1.165, 1.54) is 6.26 Å². The molecule has 0 radical (unpaired) electrons. The monoisotopic (exact) mass is 306 g/mol. The summed E-state index contributed by atoms with van der Waals surface area (Å²) in [4.78, 5) is 14.3. The van der Waals surface area contributed by atoms with Gasteiger partial charge in [-0.05, 0) is 42.6 Å². The summed E-state index contributed by atoms with van der Waals surface area (Å²) in [7, 11) is 0. The lowest BCUT2D eigenvalue weighted by Gasteiger charge is -2.33. The minimum atomic E-state index is -0.209. The Kier molecular flexibility index (Phi) is 4.06. The van der Waals surface area contributed by atoms with E-state index >= 15 is 0 Å². The lowest BCUT2D eigenvalue weighted by molar-refractivity contribution is 0.0932. The first-order valence-electron chi connectivity index (χ1n) is 6.80. The SMILES string of the molecule is O=C(N[C@H]1CCCN(c2cccnn2)C1)c1ccoc1Cl. The average molecular weight is 307 g/mol. The smallest absolute Gasteiger partial charge is 0.256 e. The fourth-order valence-corrected chi connectivity index (χ4v) is 2.68. The van der Waals surface area contributed by atoms with Crippen molar-refractivity contribution in [2.24, 2.45) is 0 Å². The predicted molar refractivity (Wildman–Crippen MR) is 78.5 cm³/mol. The maximum Gasteiger partial charge on any atom is 0.256 e. The van der Waals surface area contributed by atoms with E-state index < -0.39 is 0 Å². The molecule has 1 amide bonds. The molecule has 3 rings (SSSR count). The van der Waals surface area contributed by atoms with Crippen LogP contribution in [0.3, 0.4) is 0 Å². The molecular weight excluding hydrogens is 292 g/mol. The van der Waals surface area contributed by atoms with Crippen LogP contribution in [0.1, 0.15) is 23.2 Å². The van der Waals surface area contributed by atoms with Crippen LogP contribution in [0.2, 0.25) is 5.22 Å². The molecule has 110 valence electrons. The van der Waals surface area contributed by atoms with Gasteiger partial charge < -0.3 is 14.6 Å². The second kappa shape index (κ2) is 6.13. The van der Waals surface area contributed by atoms with Gasteiger partial charge in [-0.3, -0.25) is 4.79 Å². The third-order valence-corrected chi connectivity index (χ3v) is 3.79. The molecule has 1 N–H and O–H groups in total. The number of nitrogens with zero attached hydrogens (tertiary/aromatic N) is 3. The van der Waals surface area contributed by atoms with E-state index in [0.717, 1.165) is 25.2 Å². The number of hydrogen-bond donors (Lipinski definition) is 1. The zero-order chi connectivity index (χ0) is 14.7. The van der Waals surface area contributed by atoms with Gasteiger partial charge in [0.15, 0.2) is 5.82 Å². The Balaban J connectivity index is 1.64. The molecule has 6 nitrogen and oxygen atoms in total. The van der Waals surface area contributed by atoms with Crippen LogP contribution in [0.25, 0.3) is 0 Å². The first kappa shape index (κ1) is 13.9. The van der Waals surface area contributed by atoms with Crippen LogP contribution < -0.4 is 10.2 Å². The van der Waals surface area contributed by atoms with Gasteiger partial charge in [0.25, 0.3) is 5.91 Å². The molecule has 1 atom stereocenters. The summed E-state index contributed by atoms with van der Waals surface area (Å²) in [5.74, 6) is 0.623. The Hall–Kier alpha value is -2.08. The number of furan rings is 1. The van der Waals surface area contributed by atoms with Crippen molar-refractivity contribution in [3.05, 3.63) is 41.4 Å². The van der Waals surface area contributed by atoms with E-state index in [1.54, 1.807) is 12.3 Å². The standard InChI is InChI=1S/C14H15ClN4O2/c15-13-11(5-8-21-13)14(20)17-10-3-2-7-19(9-10)12-4-1-6-16-18-12/h1,4-6,8,10H,2-3,7,9H2,(H,17,20)/t10-/m0/s1. The number of aromatic nitrogens is 2. The highest BCUT2D eigenvalue weighted by molar-refractivity contribution is 6.32. The van der Waals surface area contributed by atoms with Gasteiger partial charge in [-0.2, -0.15) is 5.10 Å². The van der Waals surface area contributed by atoms with Gasteiger partial charge in [-0.15, -0.1) is 5.10 Å². The first-order valence-corrected chi connectivity index (χ1v) is 7.18. The minimum absolute atomic E-state index is 0.0548. The molecule has 0 unspecified atom stereocenters. The normalized spacial score (nSPS) is 18.5. The number of anilines is 1. The second-order valence-corrected chi connectivity index (χ2v) is 5.29. The number of carbonyl (C=O) groups excluding carboxylic acids is 1. The molecule has 0 saturated carbocycles. The van der Waals surface area contributed by atoms with E-state index in [0.29, 0.717) is 12.1 Å². The topological polar surface area (TPSA) is 71.3 Å². The van der Waals surface area contributed by atoms with Crippen LogP contribution in [-0.4, -0.2) is 35.2 Å². The van der Waals surface area contributed by atoms with E-state index in [-0.39, 0.29) is 17.2 Å². The van der Waals surface area contributed by atoms with Crippen molar-refractivity contribution in [1.29, 1.82) is 0 Å². The highest BCUT2D eigenvalue weighted by atomic mass is 35.5. The molecule has 0 spiro atoms. The summed E-state index contributed by atoms with van der Waals surface area (Å²) in [6.45, 7) is 1.62. The number of hydrogen-bond acceptors (Lipinski definition) is 5. The molecule has 21 heavy (non-hydrogen) atoms. The largest absolute Gasteiger partial charge is 0.452 e. The Morgan fingerprint density at radius 3 is 3.10 bits per heavy atom. The molecule has 0 aromatic carbocycles. The Morgan fingerprint density at radius 2 is 2.38 bits per heavy atom. The third-order valence-electron chi connectivity index (χ3n) is 3.50. The third kappa shape index (κ3) is 3.16. The van der Waals surface area contributed by atoms with E-state index in [9.17, 15) is 4.79 Å². The molecule has 7 heteroatoms. The van der Waals surface area contributed by atoms with Crippen LogP contribution in [0.4, 0.5) is 5.82 Å². The van der Waals surface area contributed by atoms with E-state index in [1.807, 2.05) is 12.1 Å². The van der Waals surface area contributed by atoms with Gasteiger partial charge in [0.1, 0.15) is 0 Å². The van der Waals surface area contributed by atoms with E-state index in [4.69, 9.17) is 16.0 Å². The fourth-order valence-electron chi connectivity index (χ4n) is 2.48. The molecule has 1 aliphatic rings. The van der Waals surface area contributed by atoms with Crippen LogP contribution in [-0.2, 0) is 0 Å². The first-order chi connectivity index (χ1) is 10.2. The molecule has 3 heterocycles. The van der Waals surface area contributed by atoms with Crippen molar-refractivity contribution in [2.75, 3.05) is 18.0 Å². The molecule has 0 bridgehead atoms. The van der Waals surface area contributed by atoms with Gasteiger partial charge >= 0.3 is 0 Å². The molecule has 2 aromatic heterocycles. The van der Waals surface area contributed by atoms with Gasteiger partial charge in [0, 0.05) is 25.3 Å². The minimum Gasteiger partial charge on any atom is -0.452 e. The van der Waals surface area contributed by atoms with Gasteiger partial charge in [0.2, 0.25) is 5.22 Å². The number of nitrogens with one attached hydrogen (secondary N) is 1. The van der Waals surface area contributed by atoms with Crippen LogP contribution in [0.15, 0.2) is 35.1 Å². The zero-order valence-corrected chi connectivity index (χ0v) is 12.1. The molecule has 2 aromatic rings. The molecule has 1 aliphatic heterocycles. The zero-order valence-electron chi connectivity index (χ0n) is 11.3. The Labute approximate surface area is 127 Å².